The molecule has 2 rings (SSSR count). The van der Waals surface area contributed by atoms with Crippen molar-refractivity contribution in [3.05, 3.63) is 36.4 Å². The van der Waals surface area contributed by atoms with Crippen molar-refractivity contribution in [2.75, 3.05) is 13.2 Å². The summed E-state index contributed by atoms with van der Waals surface area (Å²) >= 11 is 0. The highest BCUT2D eigenvalue weighted by molar-refractivity contribution is 6.63. The molecule has 0 fully saturated rings. The third-order valence-electron chi connectivity index (χ3n) is 2.80. The Hall–Kier alpha value is -1.77. The summed E-state index contributed by atoms with van der Waals surface area (Å²) in [6, 6.07) is 10.1. The SMILES string of the molecule is OB(O)c1c(OCCOC(F)(F)F)ccc2ccccc12. The molecule has 0 saturated heterocycles. The van der Waals surface area contributed by atoms with Gasteiger partial charge in [0, 0.05) is 5.46 Å². The Balaban J connectivity index is 2.17. The number of ether oxygens (including phenoxy) is 2. The molecule has 21 heavy (non-hydrogen) atoms. The van der Waals surface area contributed by atoms with E-state index in [1.807, 2.05) is 0 Å². The maximum atomic E-state index is 11.8. The van der Waals surface area contributed by atoms with Gasteiger partial charge in [0.2, 0.25) is 0 Å². The Bertz CT molecular complexity index is 616. The van der Waals surface area contributed by atoms with E-state index in [2.05, 4.69) is 4.74 Å². The van der Waals surface area contributed by atoms with E-state index in [0.29, 0.717) is 5.39 Å². The molecule has 2 aromatic rings. The first-order chi connectivity index (χ1) is 9.88. The molecule has 0 bridgehead atoms. The quantitative estimate of drug-likeness (QED) is 0.648. The average molecular weight is 300 g/mol. The van der Waals surface area contributed by atoms with Crippen molar-refractivity contribution in [2.45, 2.75) is 6.36 Å². The van der Waals surface area contributed by atoms with Crippen LogP contribution in [0.1, 0.15) is 0 Å². The molecule has 112 valence electrons. The van der Waals surface area contributed by atoms with E-state index in [9.17, 15) is 23.2 Å². The molecular formula is C13H12BF3O4. The van der Waals surface area contributed by atoms with Gasteiger partial charge < -0.3 is 14.8 Å². The van der Waals surface area contributed by atoms with E-state index in [-0.39, 0.29) is 17.8 Å². The molecule has 0 aliphatic carbocycles. The van der Waals surface area contributed by atoms with Gasteiger partial charge in [-0.3, -0.25) is 4.74 Å². The molecule has 0 unspecified atom stereocenters. The summed E-state index contributed by atoms with van der Waals surface area (Å²) in [5, 5.41) is 20.2. The molecule has 8 heteroatoms. The predicted molar refractivity (Wildman–Crippen MR) is 71.3 cm³/mol. The van der Waals surface area contributed by atoms with Gasteiger partial charge in [0.15, 0.2) is 0 Å². The van der Waals surface area contributed by atoms with Crippen LogP contribution < -0.4 is 10.2 Å². The van der Waals surface area contributed by atoms with E-state index in [1.165, 1.54) is 6.07 Å². The monoisotopic (exact) mass is 300 g/mol. The molecule has 0 radical (unpaired) electrons. The normalized spacial score (nSPS) is 11.7. The zero-order valence-corrected chi connectivity index (χ0v) is 10.8. The average Bonchev–Trinajstić information content (AvgIpc) is 2.41. The molecular weight excluding hydrogens is 288 g/mol. The molecule has 0 saturated carbocycles. The molecule has 4 nitrogen and oxygen atoms in total. The largest absolute Gasteiger partial charge is 0.522 e. The van der Waals surface area contributed by atoms with Crippen molar-refractivity contribution in [1.82, 2.24) is 0 Å². The van der Waals surface area contributed by atoms with Crippen molar-refractivity contribution in [3.8, 4) is 5.75 Å². The van der Waals surface area contributed by atoms with Crippen LogP contribution in [-0.2, 0) is 4.74 Å². The summed E-state index contributed by atoms with van der Waals surface area (Å²) in [5.74, 6) is 0.106. The highest BCUT2D eigenvalue weighted by atomic mass is 19.4. The van der Waals surface area contributed by atoms with E-state index in [1.54, 1.807) is 30.3 Å². The fraction of sp³-hybridized carbons (Fsp3) is 0.231. The van der Waals surface area contributed by atoms with Gasteiger partial charge in [-0.2, -0.15) is 0 Å². The second kappa shape index (κ2) is 6.34. The highest BCUT2D eigenvalue weighted by Crippen LogP contribution is 2.20. The fourth-order valence-electron chi connectivity index (χ4n) is 1.98. The van der Waals surface area contributed by atoms with E-state index in [4.69, 9.17) is 4.74 Å². The Labute approximate surface area is 118 Å². The minimum Gasteiger partial charge on any atom is -0.492 e. The van der Waals surface area contributed by atoms with E-state index < -0.39 is 20.1 Å². The smallest absolute Gasteiger partial charge is 0.492 e. The van der Waals surface area contributed by atoms with Crippen LogP contribution in [0.2, 0.25) is 0 Å². The fourth-order valence-corrected chi connectivity index (χ4v) is 1.98. The third kappa shape index (κ3) is 4.10. The molecule has 0 spiro atoms. The van der Waals surface area contributed by atoms with Crippen molar-refractivity contribution in [3.63, 3.8) is 0 Å². The van der Waals surface area contributed by atoms with Crippen LogP contribution in [0, 0.1) is 0 Å². The second-order valence-electron chi connectivity index (χ2n) is 4.21. The number of rotatable bonds is 5. The van der Waals surface area contributed by atoms with Crippen LogP contribution >= 0.6 is 0 Å². The third-order valence-corrected chi connectivity index (χ3v) is 2.80. The maximum Gasteiger partial charge on any atom is 0.522 e. The lowest BCUT2D eigenvalue weighted by molar-refractivity contribution is -0.325. The first-order valence-corrected chi connectivity index (χ1v) is 6.10. The van der Waals surface area contributed by atoms with Crippen molar-refractivity contribution in [1.29, 1.82) is 0 Å². The van der Waals surface area contributed by atoms with Gasteiger partial charge in [0.25, 0.3) is 0 Å². The van der Waals surface area contributed by atoms with Gasteiger partial charge in [0.05, 0.1) is 6.61 Å². The summed E-state index contributed by atoms with van der Waals surface area (Å²) < 4.78 is 44.3. The Morgan fingerprint density at radius 1 is 1.00 bits per heavy atom. The minimum atomic E-state index is -4.72. The molecule has 0 aliphatic heterocycles. The molecule has 0 atom stereocenters. The van der Waals surface area contributed by atoms with Gasteiger partial charge in [-0.25, -0.2) is 0 Å². The number of benzene rings is 2. The van der Waals surface area contributed by atoms with Crippen molar-refractivity contribution in [2.24, 2.45) is 0 Å². The van der Waals surface area contributed by atoms with Gasteiger partial charge in [-0.1, -0.05) is 30.3 Å². The Morgan fingerprint density at radius 3 is 2.38 bits per heavy atom. The molecule has 2 aromatic carbocycles. The van der Waals surface area contributed by atoms with Crippen molar-refractivity contribution >= 4 is 23.4 Å². The zero-order chi connectivity index (χ0) is 15.5. The predicted octanol–water partition coefficient (Wildman–Crippen LogP) is 1.43. The highest BCUT2D eigenvalue weighted by Gasteiger charge is 2.29. The van der Waals surface area contributed by atoms with Crippen LogP contribution in [0.4, 0.5) is 13.2 Å². The molecule has 2 N–H and O–H groups in total. The summed E-state index contributed by atoms with van der Waals surface area (Å²) in [6.07, 6.45) is -4.72. The van der Waals surface area contributed by atoms with Crippen LogP contribution in [0.3, 0.4) is 0 Å². The number of hydrogen-bond acceptors (Lipinski definition) is 4. The number of halogens is 3. The summed E-state index contributed by atoms with van der Waals surface area (Å²) in [4.78, 5) is 0. The van der Waals surface area contributed by atoms with Gasteiger partial charge in [-0.05, 0) is 16.8 Å². The van der Waals surface area contributed by atoms with Crippen LogP contribution in [0.5, 0.6) is 5.75 Å². The molecule has 0 amide bonds. The van der Waals surface area contributed by atoms with Crippen molar-refractivity contribution < 1.29 is 32.7 Å². The first kappa shape index (κ1) is 15.6. The van der Waals surface area contributed by atoms with E-state index >= 15 is 0 Å². The standard InChI is InChI=1S/C13H12BF3O4/c15-13(16,17)21-8-7-20-11-6-5-9-3-1-2-4-10(9)12(11)14(18)19/h1-6,18-19H,7-8H2. The van der Waals surface area contributed by atoms with Crippen LogP contribution in [-0.4, -0.2) is 36.7 Å². The molecule has 0 aliphatic rings. The Morgan fingerprint density at radius 2 is 1.71 bits per heavy atom. The first-order valence-electron chi connectivity index (χ1n) is 6.10. The van der Waals surface area contributed by atoms with Gasteiger partial charge in [0.1, 0.15) is 12.4 Å². The number of fused-ring (bicyclic) bond motifs is 1. The summed E-state index contributed by atoms with van der Waals surface area (Å²) in [6.45, 7) is -1.05. The molecule has 0 heterocycles. The zero-order valence-electron chi connectivity index (χ0n) is 10.8. The lowest BCUT2D eigenvalue weighted by atomic mass is 9.76. The van der Waals surface area contributed by atoms with Crippen LogP contribution in [0.15, 0.2) is 36.4 Å². The maximum absolute atomic E-state index is 11.8. The van der Waals surface area contributed by atoms with Gasteiger partial charge >= 0.3 is 13.5 Å². The summed E-state index contributed by atoms with van der Waals surface area (Å²) in [7, 11) is -1.80. The van der Waals surface area contributed by atoms with Gasteiger partial charge in [-0.15, -0.1) is 13.2 Å². The second-order valence-corrected chi connectivity index (χ2v) is 4.21. The summed E-state index contributed by atoms with van der Waals surface area (Å²) in [5.41, 5.74) is 0.111. The number of hydrogen-bond donors (Lipinski definition) is 2. The van der Waals surface area contributed by atoms with Crippen LogP contribution in [0.25, 0.3) is 10.8 Å². The molecule has 0 aromatic heterocycles. The topological polar surface area (TPSA) is 58.9 Å². The minimum absolute atomic E-state index is 0.106. The Kier molecular flexibility index (Phi) is 4.71. The lowest BCUT2D eigenvalue weighted by Crippen LogP contribution is -2.32. The lowest BCUT2D eigenvalue weighted by Gasteiger charge is -2.14. The van der Waals surface area contributed by atoms with E-state index in [0.717, 1.165) is 5.39 Å². The number of alkyl halides is 3.